The Morgan fingerprint density at radius 1 is 1.21 bits per heavy atom. The van der Waals surface area contributed by atoms with Gasteiger partial charge in [0.15, 0.2) is 5.82 Å². The van der Waals surface area contributed by atoms with Gasteiger partial charge in [-0.25, -0.2) is 4.98 Å². The maximum atomic E-state index is 5.37. The molecule has 0 aliphatic heterocycles. The smallest absolute Gasteiger partial charge is 0.257 e. The highest BCUT2D eigenvalue weighted by atomic mass is 16.5. The van der Waals surface area contributed by atoms with Gasteiger partial charge in [-0.3, -0.25) is 4.90 Å². The molecule has 6 nitrogen and oxygen atoms in total. The Morgan fingerprint density at radius 3 is 2.71 bits per heavy atom. The molecule has 0 saturated carbocycles. The predicted molar refractivity (Wildman–Crippen MR) is 92.3 cm³/mol. The van der Waals surface area contributed by atoms with Crippen LogP contribution in [0.3, 0.4) is 0 Å². The number of hydrogen-bond donors (Lipinski definition) is 0. The quantitative estimate of drug-likeness (QED) is 0.668. The first-order valence-corrected chi connectivity index (χ1v) is 8.16. The Labute approximate surface area is 142 Å². The minimum absolute atomic E-state index is 0.575. The molecule has 0 atom stereocenters. The monoisotopic (exact) mass is 325 g/mol. The average Bonchev–Trinajstić information content (AvgIpc) is 3.18. The highest BCUT2D eigenvalue weighted by Gasteiger charge is 2.11. The van der Waals surface area contributed by atoms with Crippen LogP contribution in [0.4, 0.5) is 0 Å². The maximum absolute atomic E-state index is 5.37. The molecule has 3 rings (SSSR count). The summed E-state index contributed by atoms with van der Waals surface area (Å²) in [5, 5.41) is 4.08. The first-order valence-electron chi connectivity index (χ1n) is 8.16. The van der Waals surface area contributed by atoms with Crippen molar-refractivity contribution in [3.8, 4) is 11.5 Å². The van der Waals surface area contributed by atoms with Crippen LogP contribution >= 0.6 is 0 Å². The van der Waals surface area contributed by atoms with Crippen LogP contribution in [0.25, 0.3) is 11.5 Å². The van der Waals surface area contributed by atoms with Crippen molar-refractivity contribution in [2.45, 2.75) is 26.3 Å². The Hall–Kier alpha value is -2.47. The zero-order valence-corrected chi connectivity index (χ0v) is 14.4. The summed E-state index contributed by atoms with van der Waals surface area (Å²) in [7, 11) is 4.10. The van der Waals surface area contributed by atoms with Crippen LogP contribution in [-0.2, 0) is 20.0 Å². The first kappa shape index (κ1) is 16.4. The van der Waals surface area contributed by atoms with Gasteiger partial charge in [-0.2, -0.15) is 4.98 Å². The molecule has 0 bridgehead atoms. The summed E-state index contributed by atoms with van der Waals surface area (Å²) in [6.07, 6.45) is 5.83. The number of nitrogens with zero attached hydrogens (tertiary/aromatic N) is 5. The van der Waals surface area contributed by atoms with Crippen molar-refractivity contribution >= 4 is 0 Å². The van der Waals surface area contributed by atoms with Crippen LogP contribution in [-0.4, -0.2) is 38.2 Å². The third kappa shape index (κ3) is 4.08. The zero-order valence-electron chi connectivity index (χ0n) is 14.4. The van der Waals surface area contributed by atoms with E-state index in [-0.39, 0.29) is 0 Å². The lowest BCUT2D eigenvalue weighted by Gasteiger charge is -2.13. The van der Waals surface area contributed by atoms with E-state index in [1.807, 2.05) is 43.7 Å². The molecule has 3 aromatic rings. The van der Waals surface area contributed by atoms with E-state index in [1.54, 1.807) is 0 Å². The normalized spacial score (nSPS) is 11.3. The van der Waals surface area contributed by atoms with E-state index in [0.717, 1.165) is 30.8 Å². The standard InChI is InChI=1S/C18H23N5O/c1-14-6-8-15(9-7-14)18-20-16(21-24-18)13-22(2)11-4-5-17-19-10-12-23(17)3/h6-10,12H,4-5,11,13H2,1-3H3. The highest BCUT2D eigenvalue weighted by Crippen LogP contribution is 2.17. The molecule has 0 spiro atoms. The molecule has 0 radical (unpaired) electrons. The number of aromatic nitrogens is 4. The van der Waals surface area contributed by atoms with E-state index in [9.17, 15) is 0 Å². The van der Waals surface area contributed by atoms with Crippen LogP contribution in [0.1, 0.15) is 23.6 Å². The fourth-order valence-corrected chi connectivity index (χ4v) is 2.60. The Balaban J connectivity index is 1.50. The predicted octanol–water partition coefficient (Wildman–Crippen LogP) is 2.84. The van der Waals surface area contributed by atoms with Crippen molar-refractivity contribution in [2.75, 3.05) is 13.6 Å². The minimum Gasteiger partial charge on any atom is -0.338 e. The molecule has 0 N–H and O–H groups in total. The van der Waals surface area contributed by atoms with Gasteiger partial charge in [0, 0.05) is 31.4 Å². The second-order valence-corrected chi connectivity index (χ2v) is 6.18. The van der Waals surface area contributed by atoms with Gasteiger partial charge >= 0.3 is 0 Å². The van der Waals surface area contributed by atoms with Crippen LogP contribution in [0.5, 0.6) is 0 Å². The van der Waals surface area contributed by atoms with E-state index in [4.69, 9.17) is 4.52 Å². The lowest BCUT2D eigenvalue weighted by atomic mass is 10.1. The summed E-state index contributed by atoms with van der Waals surface area (Å²) in [5.74, 6) is 2.40. The topological polar surface area (TPSA) is 60.0 Å². The number of hydrogen-bond acceptors (Lipinski definition) is 5. The molecule has 24 heavy (non-hydrogen) atoms. The minimum atomic E-state index is 0.575. The van der Waals surface area contributed by atoms with Gasteiger partial charge in [-0.15, -0.1) is 0 Å². The van der Waals surface area contributed by atoms with Crippen LogP contribution in [0.2, 0.25) is 0 Å². The summed E-state index contributed by atoms with van der Waals surface area (Å²) in [4.78, 5) is 11.0. The van der Waals surface area contributed by atoms with Gasteiger partial charge in [-0.05, 0) is 39.1 Å². The summed E-state index contributed by atoms with van der Waals surface area (Å²) in [6.45, 7) is 3.69. The molecule has 126 valence electrons. The summed E-state index contributed by atoms with van der Waals surface area (Å²) < 4.78 is 7.43. The SMILES string of the molecule is Cc1ccc(-c2nc(CN(C)CCCc3nccn3C)no2)cc1. The first-order chi connectivity index (χ1) is 11.6. The molecule has 6 heteroatoms. The van der Waals surface area contributed by atoms with E-state index < -0.39 is 0 Å². The largest absolute Gasteiger partial charge is 0.338 e. The van der Waals surface area contributed by atoms with Crippen molar-refractivity contribution in [2.24, 2.45) is 7.05 Å². The summed E-state index contributed by atoms with van der Waals surface area (Å²) in [6, 6.07) is 8.10. The molecular formula is C18H23N5O. The Morgan fingerprint density at radius 2 is 2.00 bits per heavy atom. The Kier molecular flexibility index (Phi) is 5.05. The zero-order chi connectivity index (χ0) is 16.9. The third-order valence-corrected chi connectivity index (χ3v) is 4.04. The van der Waals surface area contributed by atoms with Gasteiger partial charge < -0.3 is 9.09 Å². The number of aryl methyl sites for hydroxylation is 3. The lowest BCUT2D eigenvalue weighted by molar-refractivity contribution is 0.304. The van der Waals surface area contributed by atoms with Crippen molar-refractivity contribution in [3.63, 3.8) is 0 Å². The lowest BCUT2D eigenvalue weighted by Crippen LogP contribution is -2.20. The van der Waals surface area contributed by atoms with E-state index in [2.05, 4.69) is 38.6 Å². The van der Waals surface area contributed by atoms with Crippen molar-refractivity contribution in [1.82, 2.24) is 24.6 Å². The van der Waals surface area contributed by atoms with Gasteiger partial charge in [0.05, 0.1) is 6.54 Å². The Bertz CT molecular complexity index is 775. The molecule has 0 unspecified atom stereocenters. The number of rotatable bonds is 7. The van der Waals surface area contributed by atoms with E-state index >= 15 is 0 Å². The van der Waals surface area contributed by atoms with Crippen LogP contribution in [0, 0.1) is 6.92 Å². The van der Waals surface area contributed by atoms with Crippen LogP contribution < -0.4 is 0 Å². The molecule has 2 aromatic heterocycles. The molecule has 0 fully saturated rings. The highest BCUT2D eigenvalue weighted by molar-refractivity contribution is 5.53. The second-order valence-electron chi connectivity index (χ2n) is 6.18. The molecule has 0 aliphatic rings. The average molecular weight is 325 g/mol. The van der Waals surface area contributed by atoms with Gasteiger partial charge in [0.2, 0.25) is 0 Å². The summed E-state index contributed by atoms with van der Waals surface area (Å²) in [5.41, 5.74) is 2.17. The third-order valence-electron chi connectivity index (χ3n) is 4.04. The van der Waals surface area contributed by atoms with Gasteiger partial charge in [0.25, 0.3) is 5.89 Å². The van der Waals surface area contributed by atoms with Crippen molar-refractivity contribution in [1.29, 1.82) is 0 Å². The fourth-order valence-electron chi connectivity index (χ4n) is 2.60. The van der Waals surface area contributed by atoms with Gasteiger partial charge in [-0.1, -0.05) is 22.9 Å². The second kappa shape index (κ2) is 7.40. The molecular weight excluding hydrogens is 302 g/mol. The number of imidazole rings is 1. The van der Waals surface area contributed by atoms with E-state index in [0.29, 0.717) is 18.3 Å². The molecule has 2 heterocycles. The molecule has 1 aromatic carbocycles. The maximum Gasteiger partial charge on any atom is 0.257 e. The van der Waals surface area contributed by atoms with E-state index in [1.165, 1.54) is 5.56 Å². The van der Waals surface area contributed by atoms with Crippen LogP contribution in [0.15, 0.2) is 41.2 Å². The van der Waals surface area contributed by atoms with Crippen molar-refractivity contribution in [3.05, 3.63) is 53.9 Å². The molecule has 0 saturated heterocycles. The molecule has 0 amide bonds. The van der Waals surface area contributed by atoms with Gasteiger partial charge in [0.1, 0.15) is 5.82 Å². The van der Waals surface area contributed by atoms with Crippen molar-refractivity contribution < 1.29 is 4.52 Å². The molecule has 0 aliphatic carbocycles. The fraction of sp³-hybridized carbons (Fsp3) is 0.389. The summed E-state index contributed by atoms with van der Waals surface area (Å²) >= 11 is 0. The number of benzene rings is 1.